The molecule has 0 spiro atoms. The van der Waals surface area contributed by atoms with Crippen molar-refractivity contribution < 1.29 is 9.13 Å². The smallest absolute Gasteiger partial charge is 0.126 e. The molecule has 4 heteroatoms. The summed E-state index contributed by atoms with van der Waals surface area (Å²) in [4.78, 5) is 0. The summed E-state index contributed by atoms with van der Waals surface area (Å²) in [5.41, 5.74) is 10.3. The van der Waals surface area contributed by atoms with E-state index in [4.69, 9.17) is 10.5 Å². The van der Waals surface area contributed by atoms with Crippen molar-refractivity contribution in [2.75, 3.05) is 7.11 Å². The van der Waals surface area contributed by atoms with E-state index in [1.165, 1.54) is 12.1 Å². The van der Waals surface area contributed by atoms with E-state index >= 15 is 0 Å². The maximum atomic E-state index is 13.3. The van der Waals surface area contributed by atoms with Crippen molar-refractivity contribution in [2.24, 2.45) is 5.73 Å². The number of methoxy groups -OCH3 is 1. The molecular weight excluding hydrogens is 333 g/mol. The third-order valence-electron chi connectivity index (χ3n) is 3.63. The van der Waals surface area contributed by atoms with E-state index in [1.807, 2.05) is 26.0 Å². The highest BCUT2D eigenvalue weighted by molar-refractivity contribution is 9.10. The zero-order valence-corrected chi connectivity index (χ0v) is 14.0. The fraction of sp³-hybridized carbons (Fsp3) is 0.294. The van der Waals surface area contributed by atoms with Gasteiger partial charge < -0.3 is 10.5 Å². The van der Waals surface area contributed by atoms with Crippen LogP contribution in [0.4, 0.5) is 4.39 Å². The minimum absolute atomic E-state index is 0.242. The van der Waals surface area contributed by atoms with E-state index in [0.29, 0.717) is 6.42 Å². The summed E-state index contributed by atoms with van der Waals surface area (Å²) in [5, 5.41) is 0. The van der Waals surface area contributed by atoms with Gasteiger partial charge in [0.1, 0.15) is 11.6 Å². The van der Waals surface area contributed by atoms with Crippen LogP contribution in [-0.4, -0.2) is 7.11 Å². The first-order chi connectivity index (χ1) is 9.93. The number of benzene rings is 2. The number of hydrogen-bond donors (Lipinski definition) is 1. The van der Waals surface area contributed by atoms with Crippen LogP contribution in [0.2, 0.25) is 0 Å². The van der Waals surface area contributed by atoms with E-state index in [9.17, 15) is 4.39 Å². The number of rotatable bonds is 4. The van der Waals surface area contributed by atoms with Crippen molar-refractivity contribution in [2.45, 2.75) is 26.3 Å². The molecule has 0 saturated heterocycles. The number of nitrogens with two attached hydrogens (primary N) is 1. The summed E-state index contributed by atoms with van der Waals surface area (Å²) < 4.78 is 19.8. The number of ether oxygens (including phenoxy) is 1. The molecule has 112 valence electrons. The fourth-order valence-electron chi connectivity index (χ4n) is 2.61. The van der Waals surface area contributed by atoms with Crippen molar-refractivity contribution in [3.8, 4) is 5.75 Å². The van der Waals surface area contributed by atoms with Gasteiger partial charge in [0, 0.05) is 16.1 Å². The van der Waals surface area contributed by atoms with Crippen molar-refractivity contribution in [1.82, 2.24) is 0 Å². The lowest BCUT2D eigenvalue weighted by molar-refractivity contribution is 0.401. The van der Waals surface area contributed by atoms with Crippen LogP contribution in [0.15, 0.2) is 34.8 Å². The molecule has 0 aromatic heterocycles. The molecule has 0 aliphatic heterocycles. The zero-order valence-electron chi connectivity index (χ0n) is 12.4. The number of halogens is 2. The Morgan fingerprint density at radius 2 is 2.00 bits per heavy atom. The molecule has 0 bridgehead atoms. The Morgan fingerprint density at radius 3 is 2.62 bits per heavy atom. The highest BCUT2D eigenvalue weighted by atomic mass is 79.9. The second kappa shape index (κ2) is 6.58. The van der Waals surface area contributed by atoms with Gasteiger partial charge in [-0.2, -0.15) is 0 Å². The lowest BCUT2D eigenvalue weighted by atomic mass is 9.93. The maximum Gasteiger partial charge on any atom is 0.126 e. The summed E-state index contributed by atoms with van der Waals surface area (Å²) in [6, 6.07) is 8.31. The Kier molecular flexibility index (Phi) is 5.01. The maximum absolute atomic E-state index is 13.3. The topological polar surface area (TPSA) is 35.2 Å². The van der Waals surface area contributed by atoms with Crippen LogP contribution in [0, 0.1) is 19.7 Å². The molecule has 2 rings (SSSR count). The molecule has 0 aliphatic carbocycles. The predicted molar refractivity (Wildman–Crippen MR) is 87.2 cm³/mol. The minimum Gasteiger partial charge on any atom is -0.496 e. The predicted octanol–water partition coefficient (Wildman–Crippen LogP) is 4.46. The van der Waals surface area contributed by atoms with E-state index in [-0.39, 0.29) is 11.9 Å². The Bertz CT molecular complexity index is 657. The van der Waals surface area contributed by atoms with Gasteiger partial charge >= 0.3 is 0 Å². The first-order valence-electron chi connectivity index (χ1n) is 6.77. The SMILES string of the molecule is COc1c(C)cc(Br)c(C)c1C(N)Cc1cccc(F)c1. The first kappa shape index (κ1) is 16.0. The van der Waals surface area contributed by atoms with Gasteiger partial charge in [-0.15, -0.1) is 0 Å². The highest BCUT2D eigenvalue weighted by Gasteiger charge is 2.19. The summed E-state index contributed by atoms with van der Waals surface area (Å²) in [5.74, 6) is 0.563. The lowest BCUT2D eigenvalue weighted by Gasteiger charge is -2.21. The molecule has 21 heavy (non-hydrogen) atoms. The standard InChI is InChI=1S/C17H19BrFNO/c1-10-7-14(18)11(2)16(17(10)21-3)15(20)9-12-5-4-6-13(19)8-12/h4-8,15H,9,20H2,1-3H3. The van der Waals surface area contributed by atoms with Gasteiger partial charge in [0.2, 0.25) is 0 Å². The third kappa shape index (κ3) is 3.44. The molecule has 0 saturated carbocycles. The second-order valence-corrected chi connectivity index (χ2v) is 6.04. The molecular formula is C17H19BrFNO. The van der Waals surface area contributed by atoms with Crippen LogP contribution >= 0.6 is 15.9 Å². The molecule has 0 radical (unpaired) electrons. The largest absolute Gasteiger partial charge is 0.496 e. The van der Waals surface area contributed by atoms with Gasteiger partial charge in [0.25, 0.3) is 0 Å². The Labute approximate surface area is 133 Å². The summed E-state index contributed by atoms with van der Waals surface area (Å²) >= 11 is 3.55. The molecule has 0 heterocycles. The zero-order chi connectivity index (χ0) is 15.6. The Balaban J connectivity index is 2.41. The Morgan fingerprint density at radius 1 is 1.29 bits per heavy atom. The quantitative estimate of drug-likeness (QED) is 0.882. The minimum atomic E-state index is -0.252. The molecule has 1 atom stereocenters. The lowest BCUT2D eigenvalue weighted by Crippen LogP contribution is -2.17. The van der Waals surface area contributed by atoms with E-state index in [1.54, 1.807) is 13.2 Å². The monoisotopic (exact) mass is 351 g/mol. The van der Waals surface area contributed by atoms with E-state index in [2.05, 4.69) is 15.9 Å². The average Bonchev–Trinajstić information content (AvgIpc) is 2.42. The van der Waals surface area contributed by atoms with Crippen molar-refractivity contribution in [3.63, 3.8) is 0 Å². The van der Waals surface area contributed by atoms with Gasteiger partial charge in [-0.1, -0.05) is 28.1 Å². The third-order valence-corrected chi connectivity index (χ3v) is 4.45. The van der Waals surface area contributed by atoms with Gasteiger partial charge in [-0.25, -0.2) is 4.39 Å². The number of aryl methyl sites for hydroxylation is 1. The van der Waals surface area contributed by atoms with Crippen LogP contribution in [0.25, 0.3) is 0 Å². The van der Waals surface area contributed by atoms with Crippen LogP contribution in [-0.2, 0) is 6.42 Å². The van der Waals surface area contributed by atoms with Crippen LogP contribution < -0.4 is 10.5 Å². The molecule has 1 unspecified atom stereocenters. The van der Waals surface area contributed by atoms with E-state index in [0.717, 1.165) is 32.5 Å². The normalized spacial score (nSPS) is 12.3. The first-order valence-corrected chi connectivity index (χ1v) is 7.57. The van der Waals surface area contributed by atoms with Gasteiger partial charge in [0.15, 0.2) is 0 Å². The molecule has 2 N–H and O–H groups in total. The van der Waals surface area contributed by atoms with Gasteiger partial charge in [-0.3, -0.25) is 0 Å². The molecule has 2 nitrogen and oxygen atoms in total. The Hall–Kier alpha value is -1.39. The molecule has 2 aromatic rings. The van der Waals surface area contributed by atoms with Gasteiger partial charge in [0.05, 0.1) is 7.11 Å². The van der Waals surface area contributed by atoms with Crippen LogP contribution in [0.5, 0.6) is 5.75 Å². The van der Waals surface area contributed by atoms with Crippen LogP contribution in [0.1, 0.15) is 28.3 Å². The van der Waals surface area contributed by atoms with Gasteiger partial charge in [-0.05, 0) is 55.2 Å². The fourth-order valence-corrected chi connectivity index (χ4v) is 3.17. The average molecular weight is 352 g/mol. The van der Waals surface area contributed by atoms with E-state index < -0.39 is 0 Å². The number of hydrogen-bond acceptors (Lipinski definition) is 2. The van der Waals surface area contributed by atoms with Crippen molar-refractivity contribution in [1.29, 1.82) is 0 Å². The summed E-state index contributed by atoms with van der Waals surface area (Å²) in [6.07, 6.45) is 0.560. The molecule has 2 aromatic carbocycles. The van der Waals surface area contributed by atoms with Crippen molar-refractivity contribution >= 4 is 15.9 Å². The highest BCUT2D eigenvalue weighted by Crippen LogP contribution is 2.36. The summed E-state index contributed by atoms with van der Waals surface area (Å²) in [6.45, 7) is 3.99. The molecule has 0 aliphatic rings. The summed E-state index contributed by atoms with van der Waals surface area (Å²) in [7, 11) is 1.65. The second-order valence-electron chi connectivity index (χ2n) is 5.19. The molecule has 0 fully saturated rings. The van der Waals surface area contributed by atoms with Crippen LogP contribution in [0.3, 0.4) is 0 Å². The molecule has 0 amide bonds. The van der Waals surface area contributed by atoms with Crippen molar-refractivity contribution in [3.05, 3.63) is 62.9 Å².